The first kappa shape index (κ1) is 17.6. The van der Waals surface area contributed by atoms with Crippen molar-refractivity contribution in [2.24, 2.45) is 11.8 Å². The van der Waals surface area contributed by atoms with Crippen molar-refractivity contribution in [1.29, 1.82) is 0 Å². The van der Waals surface area contributed by atoms with E-state index in [1.54, 1.807) is 13.8 Å². The van der Waals surface area contributed by atoms with Crippen LogP contribution in [0.25, 0.3) is 0 Å². The van der Waals surface area contributed by atoms with Crippen molar-refractivity contribution in [2.75, 3.05) is 6.54 Å². The number of carbonyl (C=O) groups excluding carboxylic acids is 1. The minimum absolute atomic E-state index is 0.0488. The average Bonchev–Trinajstić information content (AvgIpc) is 2.20. The summed E-state index contributed by atoms with van der Waals surface area (Å²) in [5, 5.41) is 10.1. The number of alkyl halides is 5. The van der Waals surface area contributed by atoms with Crippen LogP contribution in [0, 0.1) is 11.8 Å². The highest BCUT2D eigenvalue weighted by atomic mass is 19.4. The highest BCUT2D eigenvalue weighted by molar-refractivity contribution is 5.84. The molecule has 0 bridgehead atoms. The van der Waals surface area contributed by atoms with Crippen LogP contribution in [0.4, 0.5) is 22.0 Å². The molecule has 1 unspecified atom stereocenters. The van der Waals surface area contributed by atoms with Crippen LogP contribution in [-0.4, -0.2) is 35.6 Å². The van der Waals surface area contributed by atoms with Crippen LogP contribution < -0.4 is 5.32 Å². The molecule has 9 heteroatoms. The molecule has 1 amide bonds. The van der Waals surface area contributed by atoms with E-state index < -0.39 is 36.4 Å². The maximum Gasteiger partial charge on any atom is 0.463 e. The molecule has 0 aliphatic heterocycles. The Bertz CT molecular complexity index is 341. The second kappa shape index (κ2) is 6.16. The minimum Gasteiger partial charge on any atom is -0.481 e. The van der Waals surface area contributed by atoms with Crippen molar-refractivity contribution in [3.63, 3.8) is 0 Å². The molecular weight excluding hydrogens is 277 g/mol. The molecule has 4 nitrogen and oxygen atoms in total. The fraction of sp³-hybridized carbons (Fsp3) is 0.800. The second-order valence-electron chi connectivity index (χ2n) is 4.45. The van der Waals surface area contributed by atoms with Crippen LogP contribution in [-0.2, 0) is 9.59 Å². The van der Waals surface area contributed by atoms with Crippen molar-refractivity contribution >= 4 is 11.9 Å². The maximum atomic E-state index is 12.6. The fourth-order valence-corrected chi connectivity index (χ4v) is 1.30. The predicted molar refractivity (Wildman–Crippen MR) is 54.6 cm³/mol. The van der Waals surface area contributed by atoms with Crippen LogP contribution >= 0.6 is 0 Å². The molecule has 0 spiro atoms. The number of nitrogens with one attached hydrogen (secondary N) is 1. The van der Waals surface area contributed by atoms with E-state index in [9.17, 15) is 31.5 Å². The van der Waals surface area contributed by atoms with Gasteiger partial charge in [-0.1, -0.05) is 13.8 Å². The van der Waals surface area contributed by atoms with Crippen LogP contribution in [0.5, 0.6) is 0 Å². The van der Waals surface area contributed by atoms with E-state index in [0.717, 1.165) is 0 Å². The van der Waals surface area contributed by atoms with Gasteiger partial charge >= 0.3 is 18.1 Å². The van der Waals surface area contributed by atoms with Gasteiger partial charge in [0.2, 0.25) is 0 Å². The highest BCUT2D eigenvalue weighted by Crippen LogP contribution is 2.35. The number of aliphatic carboxylic acids is 1. The first-order valence-electron chi connectivity index (χ1n) is 5.35. The Balaban J connectivity index is 4.62. The van der Waals surface area contributed by atoms with Crippen molar-refractivity contribution in [2.45, 2.75) is 32.4 Å². The van der Waals surface area contributed by atoms with Gasteiger partial charge in [-0.25, -0.2) is 0 Å². The SMILES string of the molecule is CC(C)CC(CNC(=O)C(F)(F)C(F)(F)F)C(=O)O. The molecular formula is C10H14F5NO3. The number of halogens is 5. The number of hydrogen-bond donors (Lipinski definition) is 2. The third-order valence-electron chi connectivity index (χ3n) is 2.26. The monoisotopic (exact) mass is 291 g/mol. The molecule has 0 aliphatic rings. The quantitative estimate of drug-likeness (QED) is 0.736. The minimum atomic E-state index is -6.01. The van der Waals surface area contributed by atoms with Gasteiger partial charge < -0.3 is 10.4 Å². The van der Waals surface area contributed by atoms with Gasteiger partial charge in [-0.3, -0.25) is 9.59 Å². The lowest BCUT2D eigenvalue weighted by Crippen LogP contribution is -2.51. The molecule has 0 aromatic heterocycles. The topological polar surface area (TPSA) is 66.4 Å². The summed E-state index contributed by atoms with van der Waals surface area (Å²) in [5.74, 6) is -10.8. The number of hydrogen-bond acceptors (Lipinski definition) is 2. The Morgan fingerprint density at radius 1 is 1.16 bits per heavy atom. The molecule has 19 heavy (non-hydrogen) atoms. The zero-order valence-corrected chi connectivity index (χ0v) is 10.2. The Hall–Kier alpha value is -1.41. The van der Waals surface area contributed by atoms with Gasteiger partial charge in [-0.15, -0.1) is 0 Å². The summed E-state index contributed by atoms with van der Waals surface area (Å²) >= 11 is 0. The lowest BCUT2D eigenvalue weighted by Gasteiger charge is -2.20. The molecule has 0 aromatic rings. The second-order valence-corrected chi connectivity index (χ2v) is 4.45. The van der Waals surface area contributed by atoms with Crippen LogP contribution in [0.3, 0.4) is 0 Å². The Morgan fingerprint density at radius 3 is 1.95 bits per heavy atom. The molecule has 0 saturated carbocycles. The van der Waals surface area contributed by atoms with E-state index >= 15 is 0 Å². The van der Waals surface area contributed by atoms with Crippen molar-refractivity contribution in [1.82, 2.24) is 5.32 Å². The molecule has 0 rings (SSSR count). The zero-order chi connectivity index (χ0) is 15.4. The van der Waals surface area contributed by atoms with Crippen LogP contribution in [0.15, 0.2) is 0 Å². The highest BCUT2D eigenvalue weighted by Gasteiger charge is 2.63. The molecule has 0 aliphatic carbocycles. The van der Waals surface area contributed by atoms with Gasteiger partial charge in [0.05, 0.1) is 5.92 Å². The Kier molecular flexibility index (Phi) is 5.70. The first-order chi connectivity index (χ1) is 8.39. The number of amides is 1. The predicted octanol–water partition coefficient (Wildman–Crippen LogP) is 2.05. The van der Waals surface area contributed by atoms with Crippen molar-refractivity contribution in [3.8, 4) is 0 Å². The average molecular weight is 291 g/mol. The van der Waals surface area contributed by atoms with E-state index in [4.69, 9.17) is 5.11 Å². The summed E-state index contributed by atoms with van der Waals surface area (Å²) in [5.41, 5.74) is 0. The smallest absolute Gasteiger partial charge is 0.463 e. The zero-order valence-electron chi connectivity index (χ0n) is 10.2. The van der Waals surface area contributed by atoms with E-state index in [-0.39, 0.29) is 12.3 Å². The largest absolute Gasteiger partial charge is 0.481 e. The Labute approximate surface area is 106 Å². The van der Waals surface area contributed by atoms with Crippen LogP contribution in [0.2, 0.25) is 0 Å². The van der Waals surface area contributed by atoms with Gasteiger partial charge in [-0.05, 0) is 12.3 Å². The number of carboxylic acids is 1. The molecule has 0 heterocycles. The van der Waals surface area contributed by atoms with E-state index in [2.05, 4.69) is 0 Å². The van der Waals surface area contributed by atoms with Crippen molar-refractivity contribution in [3.05, 3.63) is 0 Å². The van der Waals surface area contributed by atoms with E-state index in [1.165, 1.54) is 5.32 Å². The third kappa shape index (κ3) is 4.99. The molecule has 0 aromatic carbocycles. The third-order valence-corrected chi connectivity index (χ3v) is 2.26. The summed E-state index contributed by atoms with van der Waals surface area (Å²) in [6.45, 7) is 2.53. The molecule has 0 radical (unpaired) electrons. The molecule has 1 atom stereocenters. The number of carbonyl (C=O) groups is 2. The summed E-state index contributed by atoms with van der Waals surface area (Å²) in [4.78, 5) is 21.5. The van der Waals surface area contributed by atoms with Gasteiger partial charge in [0.15, 0.2) is 0 Å². The van der Waals surface area contributed by atoms with Gasteiger partial charge in [-0.2, -0.15) is 22.0 Å². The lowest BCUT2D eigenvalue weighted by atomic mass is 9.97. The fourth-order valence-electron chi connectivity index (χ4n) is 1.30. The van der Waals surface area contributed by atoms with Crippen molar-refractivity contribution < 1.29 is 36.6 Å². The van der Waals surface area contributed by atoms with Gasteiger partial charge in [0.25, 0.3) is 5.91 Å². The molecule has 112 valence electrons. The van der Waals surface area contributed by atoms with E-state index in [1.807, 2.05) is 0 Å². The molecule has 0 fully saturated rings. The van der Waals surface area contributed by atoms with Gasteiger partial charge in [0, 0.05) is 6.54 Å². The summed E-state index contributed by atoms with van der Waals surface area (Å²) in [6, 6.07) is 0. The Morgan fingerprint density at radius 2 is 1.63 bits per heavy atom. The molecule has 0 saturated heterocycles. The normalized spacial score (nSPS) is 14.3. The number of rotatable bonds is 6. The molecule has 2 N–H and O–H groups in total. The number of carboxylic acid groups (broad SMARTS) is 1. The first-order valence-corrected chi connectivity index (χ1v) is 5.35. The lowest BCUT2D eigenvalue weighted by molar-refractivity contribution is -0.269. The summed E-state index contributed by atoms with van der Waals surface area (Å²) < 4.78 is 60.7. The summed E-state index contributed by atoms with van der Waals surface area (Å²) in [7, 11) is 0. The maximum absolute atomic E-state index is 12.6. The standard InChI is InChI=1S/C10H14F5NO3/c1-5(2)3-6(7(17)18)4-16-8(19)9(11,12)10(13,14)15/h5-6H,3-4H2,1-2H3,(H,16,19)(H,17,18). The summed E-state index contributed by atoms with van der Waals surface area (Å²) in [6.07, 6.45) is -5.96. The van der Waals surface area contributed by atoms with Gasteiger partial charge in [0.1, 0.15) is 0 Å². The van der Waals surface area contributed by atoms with Crippen LogP contribution in [0.1, 0.15) is 20.3 Å². The van der Waals surface area contributed by atoms with E-state index in [0.29, 0.717) is 0 Å².